The fourth-order valence-corrected chi connectivity index (χ4v) is 0. The van der Waals surface area contributed by atoms with Gasteiger partial charge in [0.1, 0.15) is 0 Å². The fraction of sp³-hybridized carbons (Fsp3) is 0. The molecule has 0 heterocycles. The Kier molecular flexibility index (Phi) is 64.8. The van der Waals surface area contributed by atoms with E-state index >= 15 is 0 Å². The molecule has 0 spiro atoms. The number of hydrogen-bond acceptors (Lipinski definition) is 1. The van der Waals surface area contributed by atoms with Crippen molar-refractivity contribution in [2.45, 2.75) is 0 Å². The maximum atomic E-state index is 8.30. The number of hydrogen-bond donors (Lipinski definition) is 0. The first kappa shape index (κ1) is 15.7. The van der Waals surface area contributed by atoms with E-state index in [4.69, 9.17) is 3.25 Å². The molecule has 0 unspecified atom stereocenters. The molecule has 1 nitrogen and oxygen atoms in total. The summed E-state index contributed by atoms with van der Waals surface area (Å²) in [6.07, 6.45) is 0. The third kappa shape index (κ3) is 8.93. The Balaban J connectivity index is -0.00000000500. The molecule has 0 aliphatic carbocycles. The molecular formula is BaNaNbO+3. The van der Waals surface area contributed by atoms with Crippen LogP contribution >= 0.6 is 0 Å². The Hall–Kier alpha value is 3.11. The van der Waals surface area contributed by atoms with Crippen molar-refractivity contribution < 1.29 is 53.8 Å². The summed E-state index contributed by atoms with van der Waals surface area (Å²) in [6.45, 7) is 0. The Morgan fingerprint density at radius 1 is 1.25 bits per heavy atom. The summed E-state index contributed by atoms with van der Waals surface area (Å²) < 4.78 is 8.30. The van der Waals surface area contributed by atoms with E-state index in [1.165, 1.54) is 0 Å². The molecule has 0 saturated carbocycles. The Bertz CT molecular complexity index is 8.00. The summed E-state index contributed by atoms with van der Waals surface area (Å²) in [5.41, 5.74) is 0. The topological polar surface area (TPSA) is 17.1 Å². The summed E-state index contributed by atoms with van der Waals surface area (Å²) >= 11 is 0.500. The molecule has 0 amide bonds. The average Bonchev–Trinajstić information content (AvgIpc) is 1.00. The fourth-order valence-electron chi connectivity index (χ4n) is 0. The second-order valence-electron chi connectivity index (χ2n) is 0. The first-order valence-electron chi connectivity index (χ1n) is 0.183. The first-order chi connectivity index (χ1) is 1.00. The molecule has 0 aromatic carbocycles. The summed E-state index contributed by atoms with van der Waals surface area (Å²) in [7, 11) is 0. The molecule has 11 valence electrons. The third-order valence-corrected chi connectivity index (χ3v) is 0. The molecule has 0 aromatic rings. The van der Waals surface area contributed by atoms with Crippen LogP contribution in [0.3, 0.4) is 0 Å². The molecule has 0 bridgehead atoms. The molecule has 4 heavy (non-hydrogen) atoms. The normalized spacial score (nSPS) is 0.750. The van der Waals surface area contributed by atoms with Gasteiger partial charge in [-0.2, -0.15) is 0 Å². The SMILES string of the molecule is [Ba+2].[Na+].[O]=[Nb]. The van der Waals surface area contributed by atoms with Gasteiger partial charge in [0, 0.05) is 0 Å². The molecule has 4 heteroatoms. The van der Waals surface area contributed by atoms with Gasteiger partial charge in [0.05, 0.1) is 0 Å². The standard InChI is InChI=1S/Ba.Na.Nb.O/q+2;+1;;. The summed E-state index contributed by atoms with van der Waals surface area (Å²) in [6, 6.07) is 0. The van der Waals surface area contributed by atoms with E-state index in [1.54, 1.807) is 0 Å². The van der Waals surface area contributed by atoms with Gasteiger partial charge >= 0.3 is 103 Å². The molecule has 0 atom stereocenters. The zero-order valence-corrected chi connectivity index (χ0v) is 11.2. The van der Waals surface area contributed by atoms with Gasteiger partial charge in [0.15, 0.2) is 0 Å². The molecule has 0 aliphatic rings. The second kappa shape index (κ2) is 16.5. The van der Waals surface area contributed by atoms with Crippen molar-refractivity contribution in [1.29, 1.82) is 0 Å². The van der Waals surface area contributed by atoms with Crippen LogP contribution in [0.15, 0.2) is 0 Å². The van der Waals surface area contributed by atoms with E-state index in [9.17, 15) is 0 Å². The van der Waals surface area contributed by atoms with Gasteiger partial charge in [-0.05, 0) is 0 Å². The van der Waals surface area contributed by atoms with E-state index < -0.39 is 0 Å². The summed E-state index contributed by atoms with van der Waals surface area (Å²) in [4.78, 5) is 0. The van der Waals surface area contributed by atoms with Crippen molar-refractivity contribution >= 4 is 48.9 Å². The van der Waals surface area contributed by atoms with Crippen LogP contribution < -0.4 is 29.6 Å². The van der Waals surface area contributed by atoms with Crippen LogP contribution in [-0.4, -0.2) is 48.9 Å². The number of rotatable bonds is 0. The zero-order chi connectivity index (χ0) is 2.00. The van der Waals surface area contributed by atoms with E-state index in [0.717, 1.165) is 0 Å². The Morgan fingerprint density at radius 3 is 1.25 bits per heavy atom. The van der Waals surface area contributed by atoms with E-state index in [-0.39, 0.29) is 78.4 Å². The summed E-state index contributed by atoms with van der Waals surface area (Å²) in [5, 5.41) is 0. The van der Waals surface area contributed by atoms with Crippen molar-refractivity contribution in [2.24, 2.45) is 0 Å². The van der Waals surface area contributed by atoms with Crippen LogP contribution in [0.4, 0.5) is 0 Å². The van der Waals surface area contributed by atoms with Crippen LogP contribution in [0.5, 0.6) is 0 Å². The van der Waals surface area contributed by atoms with Gasteiger partial charge < -0.3 is 0 Å². The predicted molar refractivity (Wildman–Crippen MR) is 6.44 cm³/mol. The quantitative estimate of drug-likeness (QED) is 0.417. The van der Waals surface area contributed by atoms with Gasteiger partial charge in [-0.15, -0.1) is 0 Å². The monoisotopic (exact) mass is 270 g/mol. The molecule has 0 N–H and O–H groups in total. The van der Waals surface area contributed by atoms with E-state index in [2.05, 4.69) is 0 Å². The van der Waals surface area contributed by atoms with Gasteiger partial charge in [0.25, 0.3) is 0 Å². The van der Waals surface area contributed by atoms with Crippen LogP contribution in [0.2, 0.25) is 0 Å². The molecule has 0 aliphatic heterocycles. The molecule has 0 aromatic heterocycles. The average molecular weight is 269 g/mol. The predicted octanol–water partition coefficient (Wildman–Crippen LogP) is -3.50. The first-order valence-corrected chi connectivity index (χ1v) is 1.08. The van der Waals surface area contributed by atoms with Crippen molar-refractivity contribution in [3.05, 3.63) is 0 Å². The van der Waals surface area contributed by atoms with Gasteiger partial charge in [-0.3, -0.25) is 0 Å². The van der Waals surface area contributed by atoms with Crippen molar-refractivity contribution in [2.75, 3.05) is 0 Å². The van der Waals surface area contributed by atoms with Crippen molar-refractivity contribution in [1.82, 2.24) is 0 Å². The van der Waals surface area contributed by atoms with Gasteiger partial charge in [0.2, 0.25) is 0 Å². The molecule has 0 fully saturated rings. The Morgan fingerprint density at radius 2 is 1.25 bits per heavy atom. The second-order valence-corrected chi connectivity index (χ2v) is 0. The van der Waals surface area contributed by atoms with E-state index in [0.29, 0.717) is 21.0 Å². The van der Waals surface area contributed by atoms with Crippen molar-refractivity contribution in [3.63, 3.8) is 0 Å². The summed E-state index contributed by atoms with van der Waals surface area (Å²) in [5.74, 6) is 0. The minimum atomic E-state index is 0. The van der Waals surface area contributed by atoms with Crippen LogP contribution in [0.1, 0.15) is 0 Å². The molecule has 0 rings (SSSR count). The van der Waals surface area contributed by atoms with Crippen LogP contribution in [0.25, 0.3) is 0 Å². The van der Waals surface area contributed by atoms with Crippen LogP contribution in [0, 0.1) is 0 Å². The maximum absolute atomic E-state index is 8.30. The third-order valence-electron chi connectivity index (χ3n) is 0. The molecule has 0 radical (unpaired) electrons. The zero-order valence-electron chi connectivity index (χ0n) is 2.56. The molecule has 0 saturated heterocycles. The van der Waals surface area contributed by atoms with Gasteiger partial charge in [-0.25, -0.2) is 0 Å². The molecular weight excluding hydrogens is 269 g/mol. The van der Waals surface area contributed by atoms with Gasteiger partial charge in [-0.1, -0.05) is 0 Å². The van der Waals surface area contributed by atoms with E-state index in [1.807, 2.05) is 0 Å². The Labute approximate surface area is 99.9 Å². The van der Waals surface area contributed by atoms with Crippen molar-refractivity contribution in [3.8, 4) is 0 Å². The van der Waals surface area contributed by atoms with Crippen LogP contribution in [-0.2, 0) is 24.3 Å². The minimum absolute atomic E-state index is 0.